The Bertz CT molecular complexity index is 475. The second-order valence-electron chi connectivity index (χ2n) is 6.05. The molecule has 0 amide bonds. The standard InChI is InChI=1S/C11H22N2O4S2/c1-8-9(6-18(14)15)10(12-19(3,16)17)13(2)7-11(8)4-5-11/h8-10,12H,4-7H2,1-3H3,(H,14,15). The molecule has 2 rings (SSSR count). The topological polar surface area (TPSA) is 86.7 Å². The summed E-state index contributed by atoms with van der Waals surface area (Å²) in [6, 6.07) is 0. The number of likely N-dealkylation sites (tertiary alicyclic amines) is 1. The van der Waals surface area contributed by atoms with Crippen LogP contribution in [0.2, 0.25) is 0 Å². The largest absolute Gasteiger partial charge is 0.306 e. The maximum absolute atomic E-state index is 11.5. The van der Waals surface area contributed by atoms with E-state index in [1.165, 1.54) is 0 Å². The van der Waals surface area contributed by atoms with Gasteiger partial charge in [0, 0.05) is 12.5 Å². The van der Waals surface area contributed by atoms with Crippen molar-refractivity contribution in [3.63, 3.8) is 0 Å². The van der Waals surface area contributed by atoms with Crippen molar-refractivity contribution in [1.82, 2.24) is 9.62 Å². The molecular formula is C11H22N2O4S2. The first-order valence-electron chi connectivity index (χ1n) is 6.40. The fourth-order valence-corrected chi connectivity index (χ4v) is 4.96. The highest BCUT2D eigenvalue weighted by molar-refractivity contribution is 7.88. The average molecular weight is 310 g/mol. The first-order chi connectivity index (χ1) is 8.65. The van der Waals surface area contributed by atoms with Crippen LogP contribution in [0.1, 0.15) is 19.8 Å². The molecule has 1 aliphatic heterocycles. The van der Waals surface area contributed by atoms with E-state index in [0.717, 1.165) is 25.6 Å². The van der Waals surface area contributed by atoms with Crippen LogP contribution in [0.15, 0.2) is 0 Å². The molecule has 1 saturated heterocycles. The summed E-state index contributed by atoms with van der Waals surface area (Å²) in [5.41, 5.74) is 0.217. The third kappa shape index (κ3) is 3.36. The molecule has 0 radical (unpaired) electrons. The number of nitrogens with zero attached hydrogens (tertiary/aromatic N) is 1. The molecule has 8 heteroatoms. The lowest BCUT2D eigenvalue weighted by molar-refractivity contribution is 0.0201. The fraction of sp³-hybridized carbons (Fsp3) is 1.00. The normalized spacial score (nSPS) is 36.3. The van der Waals surface area contributed by atoms with Gasteiger partial charge in [0.15, 0.2) is 11.1 Å². The highest BCUT2D eigenvalue weighted by atomic mass is 32.2. The van der Waals surface area contributed by atoms with Crippen LogP contribution in [0.4, 0.5) is 0 Å². The predicted molar refractivity (Wildman–Crippen MR) is 74.4 cm³/mol. The summed E-state index contributed by atoms with van der Waals surface area (Å²) < 4.78 is 45.9. The van der Waals surface area contributed by atoms with Gasteiger partial charge in [0.2, 0.25) is 10.0 Å². The van der Waals surface area contributed by atoms with Gasteiger partial charge in [-0.15, -0.1) is 0 Å². The van der Waals surface area contributed by atoms with Gasteiger partial charge in [0.05, 0.1) is 18.2 Å². The van der Waals surface area contributed by atoms with Crippen molar-refractivity contribution in [1.29, 1.82) is 0 Å². The highest BCUT2D eigenvalue weighted by Crippen LogP contribution is 2.57. The smallest absolute Gasteiger partial charge is 0.210 e. The summed E-state index contributed by atoms with van der Waals surface area (Å²) in [5, 5.41) is 0. The molecule has 2 N–H and O–H groups in total. The molecule has 0 aromatic carbocycles. The number of rotatable bonds is 4. The Morgan fingerprint density at radius 1 is 1.47 bits per heavy atom. The maximum Gasteiger partial charge on any atom is 0.210 e. The van der Waals surface area contributed by atoms with Crippen molar-refractivity contribution in [2.45, 2.75) is 25.9 Å². The van der Waals surface area contributed by atoms with Crippen molar-refractivity contribution in [3.8, 4) is 0 Å². The monoisotopic (exact) mass is 310 g/mol. The number of hydrogen-bond donors (Lipinski definition) is 2. The highest BCUT2D eigenvalue weighted by Gasteiger charge is 2.56. The zero-order valence-corrected chi connectivity index (χ0v) is 13.1. The van der Waals surface area contributed by atoms with Crippen LogP contribution < -0.4 is 4.72 Å². The van der Waals surface area contributed by atoms with Crippen LogP contribution in [-0.4, -0.2) is 53.8 Å². The van der Waals surface area contributed by atoms with Crippen LogP contribution in [0.3, 0.4) is 0 Å². The third-order valence-electron chi connectivity index (χ3n) is 4.61. The molecule has 0 aromatic heterocycles. The molecule has 112 valence electrons. The van der Waals surface area contributed by atoms with Gasteiger partial charge in [-0.3, -0.25) is 4.90 Å². The summed E-state index contributed by atoms with van der Waals surface area (Å²) in [7, 11) is -1.46. The van der Waals surface area contributed by atoms with E-state index in [1.807, 2.05) is 11.9 Å². The molecule has 2 aliphatic rings. The van der Waals surface area contributed by atoms with Crippen LogP contribution in [0.25, 0.3) is 0 Å². The molecule has 1 aliphatic carbocycles. The molecule has 2 fully saturated rings. The number of piperidine rings is 1. The van der Waals surface area contributed by atoms with E-state index in [1.54, 1.807) is 0 Å². The second kappa shape index (κ2) is 5.07. The Balaban J connectivity index is 2.24. The van der Waals surface area contributed by atoms with Gasteiger partial charge >= 0.3 is 0 Å². The molecule has 0 bridgehead atoms. The van der Waals surface area contributed by atoms with Gasteiger partial charge in [-0.1, -0.05) is 6.92 Å². The quantitative estimate of drug-likeness (QED) is 0.717. The van der Waals surface area contributed by atoms with Crippen LogP contribution >= 0.6 is 0 Å². The summed E-state index contributed by atoms with van der Waals surface area (Å²) in [6.07, 6.45) is 2.98. The van der Waals surface area contributed by atoms with Crippen molar-refractivity contribution in [2.75, 3.05) is 25.6 Å². The van der Waals surface area contributed by atoms with Crippen molar-refractivity contribution in [3.05, 3.63) is 0 Å². The van der Waals surface area contributed by atoms with Gasteiger partial charge in [-0.2, -0.15) is 4.72 Å². The summed E-state index contributed by atoms with van der Waals surface area (Å²) in [6.45, 7) is 2.92. The molecule has 0 aromatic rings. The van der Waals surface area contributed by atoms with Crippen LogP contribution in [-0.2, 0) is 21.1 Å². The minimum atomic E-state index is -3.34. The fourth-order valence-electron chi connectivity index (χ4n) is 3.36. The van der Waals surface area contributed by atoms with Gasteiger partial charge in [0.25, 0.3) is 0 Å². The van der Waals surface area contributed by atoms with Crippen molar-refractivity contribution < 1.29 is 17.2 Å². The van der Waals surface area contributed by atoms with E-state index in [9.17, 15) is 17.2 Å². The van der Waals surface area contributed by atoms with E-state index in [2.05, 4.69) is 11.6 Å². The van der Waals surface area contributed by atoms with Crippen LogP contribution in [0, 0.1) is 17.3 Å². The molecule has 6 nitrogen and oxygen atoms in total. The predicted octanol–water partition coefficient (Wildman–Crippen LogP) is 0.0613. The third-order valence-corrected chi connectivity index (χ3v) is 5.95. The second-order valence-corrected chi connectivity index (χ2v) is 8.81. The summed E-state index contributed by atoms with van der Waals surface area (Å²) in [4.78, 5) is 1.98. The summed E-state index contributed by atoms with van der Waals surface area (Å²) in [5.74, 6) is 0.223. The molecule has 1 spiro atoms. The molecule has 1 heterocycles. The van der Waals surface area contributed by atoms with Crippen molar-refractivity contribution in [2.24, 2.45) is 17.3 Å². The zero-order chi connectivity index (χ0) is 14.4. The van der Waals surface area contributed by atoms with E-state index in [4.69, 9.17) is 0 Å². The van der Waals surface area contributed by atoms with E-state index >= 15 is 0 Å². The SMILES string of the molecule is CC1C(CS(=O)O)C(NS(C)(=O)=O)N(C)CC12CC2. The Labute approximate surface area is 117 Å². The van der Waals surface area contributed by atoms with E-state index in [-0.39, 0.29) is 23.0 Å². The minimum Gasteiger partial charge on any atom is -0.306 e. The number of nitrogens with one attached hydrogen (secondary N) is 1. The van der Waals surface area contributed by atoms with Crippen molar-refractivity contribution >= 4 is 21.1 Å². The van der Waals surface area contributed by atoms with Gasteiger partial charge in [0.1, 0.15) is 0 Å². The van der Waals surface area contributed by atoms with Gasteiger partial charge < -0.3 is 4.55 Å². The lowest BCUT2D eigenvalue weighted by Crippen LogP contribution is -2.60. The molecule has 19 heavy (non-hydrogen) atoms. The van der Waals surface area contributed by atoms with Gasteiger partial charge in [-0.25, -0.2) is 12.6 Å². The lowest BCUT2D eigenvalue weighted by Gasteiger charge is -2.47. The molecule has 4 unspecified atom stereocenters. The molecule has 1 saturated carbocycles. The molecule has 4 atom stereocenters. The number of hydrogen-bond acceptors (Lipinski definition) is 4. The maximum atomic E-state index is 11.5. The van der Waals surface area contributed by atoms with E-state index in [0.29, 0.717) is 0 Å². The Kier molecular flexibility index (Phi) is 4.10. The first-order valence-corrected chi connectivity index (χ1v) is 9.56. The Morgan fingerprint density at radius 3 is 2.47 bits per heavy atom. The Morgan fingerprint density at radius 2 is 2.05 bits per heavy atom. The summed E-state index contributed by atoms with van der Waals surface area (Å²) >= 11 is -1.91. The van der Waals surface area contributed by atoms with Gasteiger partial charge in [-0.05, 0) is 31.2 Å². The zero-order valence-electron chi connectivity index (χ0n) is 11.5. The average Bonchev–Trinajstić information content (AvgIpc) is 2.99. The Hall–Kier alpha value is -0.0200. The van der Waals surface area contributed by atoms with Crippen LogP contribution in [0.5, 0.6) is 0 Å². The number of sulfonamides is 1. The lowest BCUT2D eigenvalue weighted by atomic mass is 9.75. The van der Waals surface area contributed by atoms with E-state index < -0.39 is 27.3 Å². The minimum absolute atomic E-state index is 0.112. The molecular weight excluding hydrogens is 288 g/mol. The first kappa shape index (κ1) is 15.4.